The molecule has 84 valence electrons. The first-order valence-electron chi connectivity index (χ1n) is 5.04. The minimum Gasteiger partial charge on any atom is -0.495 e. The van der Waals surface area contributed by atoms with Crippen molar-refractivity contribution < 1.29 is 9.53 Å². The van der Waals surface area contributed by atoms with Crippen LogP contribution >= 0.6 is 11.6 Å². The summed E-state index contributed by atoms with van der Waals surface area (Å²) in [5, 5.41) is 1.30. The molecule has 0 radical (unpaired) electrons. The van der Waals surface area contributed by atoms with Crippen molar-refractivity contribution >= 4 is 28.8 Å². The highest BCUT2D eigenvalue weighted by atomic mass is 35.5. The molecule has 1 heterocycles. The maximum Gasteiger partial charge on any atom is 0.153 e. The number of aldehydes is 1. The van der Waals surface area contributed by atoms with Crippen LogP contribution < -0.4 is 4.74 Å². The van der Waals surface area contributed by atoms with Crippen LogP contribution in [0.15, 0.2) is 18.2 Å². The van der Waals surface area contributed by atoms with Crippen molar-refractivity contribution in [2.45, 2.75) is 13.5 Å². The Balaban J connectivity index is 2.94. The second-order valence-electron chi connectivity index (χ2n) is 3.42. The van der Waals surface area contributed by atoms with Crippen LogP contribution in [0.2, 0.25) is 5.15 Å². The van der Waals surface area contributed by atoms with Gasteiger partial charge in [-0.1, -0.05) is 23.7 Å². The molecule has 0 bridgehead atoms. The maximum absolute atomic E-state index is 11.0. The van der Waals surface area contributed by atoms with Gasteiger partial charge in [-0.15, -0.1) is 0 Å². The molecule has 0 atom stereocenters. The molecule has 16 heavy (non-hydrogen) atoms. The average Bonchev–Trinajstić information content (AvgIpc) is 2.59. The number of fused-ring (bicyclic) bond motifs is 1. The highest BCUT2D eigenvalue weighted by Crippen LogP contribution is 2.34. The van der Waals surface area contributed by atoms with Gasteiger partial charge in [0.1, 0.15) is 10.9 Å². The Labute approximate surface area is 98.6 Å². The number of methoxy groups -OCH3 is 1. The van der Waals surface area contributed by atoms with Crippen molar-refractivity contribution in [3.63, 3.8) is 0 Å². The van der Waals surface area contributed by atoms with Crippen molar-refractivity contribution in [1.29, 1.82) is 0 Å². The van der Waals surface area contributed by atoms with E-state index in [1.165, 1.54) is 0 Å². The van der Waals surface area contributed by atoms with E-state index in [1.807, 2.05) is 29.7 Å². The number of carbonyl (C=O) groups is 1. The number of aromatic nitrogens is 1. The van der Waals surface area contributed by atoms with E-state index in [2.05, 4.69) is 0 Å². The summed E-state index contributed by atoms with van der Waals surface area (Å²) in [5.74, 6) is 0.731. The summed E-state index contributed by atoms with van der Waals surface area (Å²) >= 11 is 6.16. The molecule has 2 rings (SSSR count). The molecule has 0 saturated heterocycles. The fourth-order valence-corrected chi connectivity index (χ4v) is 2.30. The summed E-state index contributed by atoms with van der Waals surface area (Å²) in [7, 11) is 1.61. The molecule has 0 aliphatic carbocycles. The Morgan fingerprint density at radius 2 is 2.25 bits per heavy atom. The molecule has 0 N–H and O–H groups in total. The minimum absolute atomic E-state index is 0.469. The van der Waals surface area contributed by atoms with Gasteiger partial charge >= 0.3 is 0 Å². The Bertz CT molecular complexity index is 545. The predicted molar refractivity (Wildman–Crippen MR) is 64.6 cm³/mol. The zero-order valence-corrected chi connectivity index (χ0v) is 9.91. The SMILES string of the molecule is CCn1c(Cl)c(C=O)c2cccc(OC)c21. The molecular weight excluding hydrogens is 226 g/mol. The number of aryl methyl sites for hydroxylation is 1. The standard InChI is InChI=1S/C12H12ClNO2/c1-3-14-11-8(9(7-15)12(14)13)5-4-6-10(11)16-2/h4-7H,3H2,1-2H3. The van der Waals surface area contributed by atoms with Crippen LogP contribution in [0, 0.1) is 0 Å². The first-order chi connectivity index (χ1) is 7.74. The summed E-state index contributed by atoms with van der Waals surface area (Å²) in [6.07, 6.45) is 0.788. The normalized spacial score (nSPS) is 10.7. The van der Waals surface area contributed by atoms with Crippen molar-refractivity contribution in [3.05, 3.63) is 28.9 Å². The quantitative estimate of drug-likeness (QED) is 0.768. The molecule has 0 aliphatic rings. The van der Waals surface area contributed by atoms with Gasteiger partial charge in [0, 0.05) is 11.9 Å². The highest BCUT2D eigenvalue weighted by Gasteiger charge is 2.16. The number of hydrogen-bond donors (Lipinski definition) is 0. The van der Waals surface area contributed by atoms with Crippen molar-refractivity contribution in [1.82, 2.24) is 4.57 Å². The summed E-state index contributed by atoms with van der Waals surface area (Å²) < 4.78 is 7.16. The number of para-hydroxylation sites is 1. The van der Waals surface area contributed by atoms with E-state index >= 15 is 0 Å². The molecular formula is C12H12ClNO2. The van der Waals surface area contributed by atoms with E-state index in [0.717, 1.165) is 22.9 Å². The lowest BCUT2D eigenvalue weighted by atomic mass is 10.2. The average molecular weight is 238 g/mol. The van der Waals surface area contributed by atoms with Crippen LogP contribution in [0.5, 0.6) is 5.75 Å². The lowest BCUT2D eigenvalue weighted by molar-refractivity contribution is 0.112. The smallest absolute Gasteiger partial charge is 0.153 e. The molecule has 0 spiro atoms. The monoisotopic (exact) mass is 237 g/mol. The minimum atomic E-state index is 0.469. The van der Waals surface area contributed by atoms with E-state index in [1.54, 1.807) is 7.11 Å². The summed E-state index contributed by atoms with van der Waals surface area (Å²) in [5.41, 5.74) is 1.40. The Morgan fingerprint density at radius 3 is 2.81 bits per heavy atom. The number of hydrogen-bond acceptors (Lipinski definition) is 2. The first kappa shape index (κ1) is 11.0. The number of rotatable bonds is 3. The van der Waals surface area contributed by atoms with E-state index in [0.29, 0.717) is 17.3 Å². The van der Waals surface area contributed by atoms with E-state index in [-0.39, 0.29) is 0 Å². The lowest BCUT2D eigenvalue weighted by Crippen LogP contribution is -1.95. The van der Waals surface area contributed by atoms with Crippen LogP contribution in [-0.4, -0.2) is 18.0 Å². The molecule has 4 heteroatoms. The molecule has 0 fully saturated rings. The highest BCUT2D eigenvalue weighted by molar-refractivity contribution is 6.34. The largest absolute Gasteiger partial charge is 0.495 e. The summed E-state index contributed by atoms with van der Waals surface area (Å²) in [4.78, 5) is 11.0. The number of nitrogens with zero attached hydrogens (tertiary/aromatic N) is 1. The van der Waals surface area contributed by atoms with Gasteiger partial charge in [-0.05, 0) is 13.0 Å². The van der Waals surface area contributed by atoms with E-state index in [9.17, 15) is 4.79 Å². The van der Waals surface area contributed by atoms with Crippen LogP contribution in [0.4, 0.5) is 0 Å². The molecule has 1 aromatic carbocycles. The second kappa shape index (κ2) is 4.18. The number of ether oxygens (including phenoxy) is 1. The molecule has 0 amide bonds. The van der Waals surface area contributed by atoms with Crippen LogP contribution in [-0.2, 0) is 6.54 Å². The van der Waals surface area contributed by atoms with Crippen LogP contribution in [0.25, 0.3) is 10.9 Å². The Morgan fingerprint density at radius 1 is 1.50 bits per heavy atom. The molecule has 1 aromatic heterocycles. The third-order valence-electron chi connectivity index (χ3n) is 2.67. The van der Waals surface area contributed by atoms with Crippen LogP contribution in [0.3, 0.4) is 0 Å². The van der Waals surface area contributed by atoms with Gasteiger partial charge in [-0.2, -0.15) is 0 Å². The van der Waals surface area contributed by atoms with Gasteiger partial charge in [0.2, 0.25) is 0 Å². The third-order valence-corrected chi connectivity index (χ3v) is 3.08. The lowest BCUT2D eigenvalue weighted by Gasteiger charge is -2.06. The number of halogens is 1. The zero-order chi connectivity index (χ0) is 11.7. The Kier molecular flexibility index (Phi) is 2.88. The van der Waals surface area contributed by atoms with E-state index < -0.39 is 0 Å². The van der Waals surface area contributed by atoms with E-state index in [4.69, 9.17) is 16.3 Å². The van der Waals surface area contributed by atoms with Gasteiger partial charge in [-0.3, -0.25) is 4.79 Å². The van der Waals surface area contributed by atoms with Crippen molar-refractivity contribution in [2.24, 2.45) is 0 Å². The second-order valence-corrected chi connectivity index (χ2v) is 3.78. The summed E-state index contributed by atoms with van der Waals surface area (Å²) in [6, 6.07) is 5.59. The van der Waals surface area contributed by atoms with Gasteiger partial charge in [0.05, 0.1) is 18.2 Å². The number of benzene rings is 1. The molecule has 3 nitrogen and oxygen atoms in total. The summed E-state index contributed by atoms with van der Waals surface area (Å²) in [6.45, 7) is 2.68. The molecule has 0 saturated carbocycles. The predicted octanol–water partition coefficient (Wildman–Crippen LogP) is 3.14. The molecule has 0 unspecified atom stereocenters. The van der Waals surface area contributed by atoms with Gasteiger partial charge in [-0.25, -0.2) is 0 Å². The Hall–Kier alpha value is -1.48. The molecule has 2 aromatic rings. The van der Waals surface area contributed by atoms with Crippen LogP contribution in [0.1, 0.15) is 17.3 Å². The fraction of sp³-hybridized carbons (Fsp3) is 0.250. The number of carbonyl (C=O) groups excluding carboxylic acids is 1. The van der Waals surface area contributed by atoms with Gasteiger partial charge < -0.3 is 9.30 Å². The topological polar surface area (TPSA) is 31.2 Å². The fourth-order valence-electron chi connectivity index (χ4n) is 1.95. The van der Waals surface area contributed by atoms with Crippen molar-refractivity contribution in [2.75, 3.05) is 7.11 Å². The van der Waals surface area contributed by atoms with Crippen molar-refractivity contribution in [3.8, 4) is 5.75 Å². The van der Waals surface area contributed by atoms with Gasteiger partial charge in [0.25, 0.3) is 0 Å². The maximum atomic E-state index is 11.0. The first-order valence-corrected chi connectivity index (χ1v) is 5.42. The third kappa shape index (κ3) is 1.39. The van der Waals surface area contributed by atoms with Gasteiger partial charge in [0.15, 0.2) is 6.29 Å². The molecule has 0 aliphatic heterocycles. The zero-order valence-electron chi connectivity index (χ0n) is 9.16.